The molecule has 1 fully saturated rings. The Hall–Kier alpha value is -1.82. The van der Waals surface area contributed by atoms with Crippen LogP contribution in [0.4, 0.5) is 5.95 Å². The van der Waals surface area contributed by atoms with Crippen molar-refractivity contribution in [2.45, 2.75) is 6.92 Å². The number of nitrogens with one attached hydrogen (secondary N) is 2. The van der Waals surface area contributed by atoms with Crippen molar-refractivity contribution in [3.63, 3.8) is 0 Å². The molecule has 0 aliphatic carbocycles. The third kappa shape index (κ3) is 1.80. The molecular formula is C11H14N4O2. The molecule has 6 heteroatoms. The molecule has 0 atom stereocenters. The van der Waals surface area contributed by atoms with Gasteiger partial charge < -0.3 is 14.6 Å². The molecule has 0 saturated carbocycles. The van der Waals surface area contributed by atoms with Gasteiger partial charge in [0.05, 0.1) is 18.6 Å². The average Bonchev–Trinajstić information content (AvgIpc) is 2.71. The average molecular weight is 234 g/mol. The number of hydrogen-bond donors (Lipinski definition) is 2. The number of nitrogens with zero attached hydrogens (tertiary/aromatic N) is 2. The highest BCUT2D eigenvalue weighted by atomic mass is 16.5. The number of hydrogen-bond acceptors (Lipinski definition) is 4. The van der Waals surface area contributed by atoms with Gasteiger partial charge in [0, 0.05) is 18.8 Å². The van der Waals surface area contributed by atoms with E-state index in [4.69, 9.17) is 4.74 Å². The van der Waals surface area contributed by atoms with Crippen molar-refractivity contribution < 1.29 is 4.74 Å². The number of aromatic amines is 2. The van der Waals surface area contributed by atoms with E-state index in [9.17, 15) is 4.79 Å². The van der Waals surface area contributed by atoms with E-state index >= 15 is 0 Å². The second-order valence-corrected chi connectivity index (χ2v) is 4.20. The summed E-state index contributed by atoms with van der Waals surface area (Å²) in [7, 11) is 0. The normalized spacial score (nSPS) is 16.6. The maximum atomic E-state index is 11.9. The molecule has 3 rings (SSSR count). The van der Waals surface area contributed by atoms with Gasteiger partial charge in [-0.15, -0.1) is 0 Å². The van der Waals surface area contributed by atoms with Crippen LogP contribution < -0.4 is 10.5 Å². The number of ether oxygens (including phenoxy) is 1. The van der Waals surface area contributed by atoms with Gasteiger partial charge in [0.2, 0.25) is 5.95 Å². The first-order valence-electron chi connectivity index (χ1n) is 5.66. The van der Waals surface area contributed by atoms with Crippen molar-refractivity contribution in [3.8, 4) is 0 Å². The molecule has 17 heavy (non-hydrogen) atoms. The fourth-order valence-corrected chi connectivity index (χ4v) is 2.06. The monoisotopic (exact) mass is 234 g/mol. The van der Waals surface area contributed by atoms with Crippen molar-refractivity contribution in [1.29, 1.82) is 0 Å². The molecule has 1 aliphatic rings. The predicted molar refractivity (Wildman–Crippen MR) is 64.5 cm³/mol. The lowest BCUT2D eigenvalue weighted by molar-refractivity contribution is 0.122. The zero-order valence-electron chi connectivity index (χ0n) is 9.62. The SMILES string of the molecule is Cc1cc2c(=O)[nH]c(N3CCOCC3)nc2[nH]1. The van der Waals surface area contributed by atoms with Crippen LogP contribution in [-0.2, 0) is 4.74 Å². The molecule has 90 valence electrons. The fraction of sp³-hybridized carbons (Fsp3) is 0.455. The zero-order chi connectivity index (χ0) is 11.8. The van der Waals surface area contributed by atoms with Gasteiger partial charge in [0.1, 0.15) is 5.65 Å². The molecule has 0 amide bonds. The van der Waals surface area contributed by atoms with Crippen molar-refractivity contribution in [2.24, 2.45) is 0 Å². The lowest BCUT2D eigenvalue weighted by atomic mass is 10.4. The highest BCUT2D eigenvalue weighted by molar-refractivity contribution is 5.76. The van der Waals surface area contributed by atoms with E-state index in [1.165, 1.54) is 0 Å². The van der Waals surface area contributed by atoms with Gasteiger partial charge in [0.15, 0.2) is 0 Å². The van der Waals surface area contributed by atoms with Crippen LogP contribution in [0.15, 0.2) is 10.9 Å². The van der Waals surface area contributed by atoms with E-state index < -0.39 is 0 Å². The van der Waals surface area contributed by atoms with Gasteiger partial charge in [0.25, 0.3) is 5.56 Å². The second kappa shape index (κ2) is 3.89. The van der Waals surface area contributed by atoms with Crippen molar-refractivity contribution in [3.05, 3.63) is 22.1 Å². The molecule has 1 aliphatic heterocycles. The minimum Gasteiger partial charge on any atom is -0.378 e. The van der Waals surface area contributed by atoms with E-state index in [0.29, 0.717) is 30.2 Å². The van der Waals surface area contributed by atoms with E-state index in [1.807, 2.05) is 17.9 Å². The zero-order valence-corrected chi connectivity index (χ0v) is 9.62. The lowest BCUT2D eigenvalue weighted by Gasteiger charge is -2.26. The third-order valence-corrected chi connectivity index (χ3v) is 2.93. The smallest absolute Gasteiger partial charge is 0.261 e. The summed E-state index contributed by atoms with van der Waals surface area (Å²) in [5.74, 6) is 0.618. The van der Waals surface area contributed by atoms with E-state index in [-0.39, 0.29) is 5.56 Å². The molecule has 3 heterocycles. The molecule has 0 spiro atoms. The molecule has 0 radical (unpaired) electrons. The van der Waals surface area contributed by atoms with E-state index in [1.54, 1.807) is 0 Å². The maximum absolute atomic E-state index is 11.9. The molecule has 2 N–H and O–H groups in total. The summed E-state index contributed by atoms with van der Waals surface area (Å²) < 4.78 is 5.27. The minimum atomic E-state index is -0.0964. The molecular weight excluding hydrogens is 220 g/mol. The van der Waals surface area contributed by atoms with Gasteiger partial charge in [-0.1, -0.05) is 0 Å². The quantitative estimate of drug-likeness (QED) is 0.749. The molecule has 0 aromatic carbocycles. The summed E-state index contributed by atoms with van der Waals surface area (Å²) in [6.45, 7) is 4.77. The largest absolute Gasteiger partial charge is 0.378 e. The Morgan fingerprint density at radius 2 is 2.12 bits per heavy atom. The second-order valence-electron chi connectivity index (χ2n) is 4.20. The Bertz CT molecular complexity index is 595. The first-order chi connectivity index (χ1) is 8.24. The molecule has 2 aromatic rings. The van der Waals surface area contributed by atoms with Crippen molar-refractivity contribution >= 4 is 17.0 Å². The first kappa shape index (κ1) is 10.3. The maximum Gasteiger partial charge on any atom is 0.261 e. The number of aryl methyl sites for hydroxylation is 1. The molecule has 0 unspecified atom stereocenters. The molecule has 2 aromatic heterocycles. The predicted octanol–water partition coefficient (Wildman–Crippen LogP) is 0.396. The Morgan fingerprint density at radius 3 is 2.88 bits per heavy atom. The van der Waals surface area contributed by atoms with Crippen LogP contribution in [-0.4, -0.2) is 41.3 Å². The van der Waals surface area contributed by atoms with Gasteiger partial charge in [-0.2, -0.15) is 4.98 Å². The van der Waals surface area contributed by atoms with Crippen LogP contribution >= 0.6 is 0 Å². The topological polar surface area (TPSA) is 74.0 Å². The molecule has 6 nitrogen and oxygen atoms in total. The lowest BCUT2D eigenvalue weighted by Crippen LogP contribution is -2.38. The number of morpholine rings is 1. The van der Waals surface area contributed by atoms with E-state index in [2.05, 4.69) is 15.0 Å². The minimum absolute atomic E-state index is 0.0964. The van der Waals surface area contributed by atoms with Crippen LogP contribution in [0, 0.1) is 6.92 Å². The van der Waals surface area contributed by atoms with Crippen LogP contribution in [0.5, 0.6) is 0 Å². The molecule has 0 bridgehead atoms. The van der Waals surface area contributed by atoms with E-state index in [0.717, 1.165) is 18.8 Å². The summed E-state index contributed by atoms with van der Waals surface area (Å²) in [6.07, 6.45) is 0. The number of rotatable bonds is 1. The highest BCUT2D eigenvalue weighted by Crippen LogP contribution is 2.13. The van der Waals surface area contributed by atoms with Gasteiger partial charge >= 0.3 is 0 Å². The Balaban J connectivity index is 2.08. The van der Waals surface area contributed by atoms with Crippen LogP contribution in [0.3, 0.4) is 0 Å². The van der Waals surface area contributed by atoms with Crippen molar-refractivity contribution in [2.75, 3.05) is 31.2 Å². The Labute approximate surface area is 97.6 Å². The third-order valence-electron chi connectivity index (χ3n) is 2.93. The summed E-state index contributed by atoms with van der Waals surface area (Å²) in [6, 6.07) is 1.81. The van der Waals surface area contributed by atoms with Gasteiger partial charge in [-0.3, -0.25) is 9.78 Å². The Kier molecular flexibility index (Phi) is 2.36. The van der Waals surface area contributed by atoms with Crippen molar-refractivity contribution in [1.82, 2.24) is 15.0 Å². The van der Waals surface area contributed by atoms with Crippen LogP contribution in [0.2, 0.25) is 0 Å². The standard InChI is InChI=1S/C11H14N4O2/c1-7-6-8-9(12-7)13-11(14-10(8)16)15-2-4-17-5-3-15/h6H,2-5H2,1H3,(H2,12,13,14,16). The number of anilines is 1. The number of aromatic nitrogens is 3. The highest BCUT2D eigenvalue weighted by Gasteiger charge is 2.15. The fourth-order valence-electron chi connectivity index (χ4n) is 2.06. The first-order valence-corrected chi connectivity index (χ1v) is 5.66. The molecule has 1 saturated heterocycles. The summed E-state index contributed by atoms with van der Waals surface area (Å²) >= 11 is 0. The number of fused-ring (bicyclic) bond motifs is 1. The van der Waals surface area contributed by atoms with Crippen LogP contribution in [0.25, 0.3) is 11.0 Å². The summed E-state index contributed by atoms with van der Waals surface area (Å²) in [4.78, 5) is 24.3. The Morgan fingerprint density at radius 1 is 1.35 bits per heavy atom. The number of H-pyrrole nitrogens is 2. The van der Waals surface area contributed by atoms with Gasteiger partial charge in [-0.05, 0) is 13.0 Å². The summed E-state index contributed by atoms with van der Waals surface area (Å²) in [5.41, 5.74) is 1.49. The van der Waals surface area contributed by atoms with Crippen LogP contribution in [0.1, 0.15) is 5.69 Å². The summed E-state index contributed by atoms with van der Waals surface area (Å²) in [5, 5.41) is 0.611. The van der Waals surface area contributed by atoms with Gasteiger partial charge in [-0.25, -0.2) is 0 Å².